The van der Waals surface area contributed by atoms with E-state index in [2.05, 4.69) is 16.1 Å². The van der Waals surface area contributed by atoms with Crippen molar-refractivity contribution < 1.29 is 14.4 Å². The van der Waals surface area contributed by atoms with Crippen LogP contribution in [0.3, 0.4) is 0 Å². The molecule has 7 nitrogen and oxygen atoms in total. The number of carbonyl (C=O) groups excluding carboxylic acids is 3. The molecule has 1 heterocycles. The fraction of sp³-hybridized carbons (Fsp3) is 0.0800. The lowest BCUT2D eigenvalue weighted by atomic mass is 10.2. The predicted octanol–water partition coefficient (Wildman–Crippen LogP) is 6.18. The van der Waals surface area contributed by atoms with Crippen molar-refractivity contribution in [2.45, 2.75) is 13.8 Å². The average Bonchev–Trinajstić information content (AvgIpc) is 3.16. The zero-order chi connectivity index (χ0) is 25.3. The molecular weight excluding hydrogens is 511 g/mol. The molecule has 0 spiro atoms. The molecule has 1 aromatic heterocycles. The zero-order valence-corrected chi connectivity index (χ0v) is 20.8. The Balaban J connectivity index is 1.64. The van der Waals surface area contributed by atoms with Crippen LogP contribution in [0.15, 0.2) is 60.7 Å². The summed E-state index contributed by atoms with van der Waals surface area (Å²) in [5.74, 6) is -2.43. The fourth-order valence-electron chi connectivity index (χ4n) is 3.41. The predicted molar refractivity (Wildman–Crippen MR) is 140 cm³/mol. The summed E-state index contributed by atoms with van der Waals surface area (Å²) in [4.78, 5) is 38.5. The van der Waals surface area contributed by atoms with Crippen molar-refractivity contribution >= 4 is 74.8 Å². The van der Waals surface area contributed by atoms with Crippen LogP contribution in [0.25, 0.3) is 10.9 Å². The molecule has 0 saturated heterocycles. The van der Waals surface area contributed by atoms with Crippen molar-refractivity contribution in [1.29, 1.82) is 0 Å². The molecule has 4 rings (SSSR count). The Morgan fingerprint density at radius 3 is 2.31 bits per heavy atom. The van der Waals surface area contributed by atoms with E-state index in [1.807, 2.05) is 6.92 Å². The van der Waals surface area contributed by atoms with Gasteiger partial charge in [-0.3, -0.25) is 19.8 Å². The summed E-state index contributed by atoms with van der Waals surface area (Å²) in [6.07, 6.45) is 0. The molecule has 0 aliphatic heterocycles. The maximum atomic E-state index is 13.1. The highest BCUT2D eigenvalue weighted by atomic mass is 35.5. The minimum absolute atomic E-state index is 0.0825. The van der Waals surface area contributed by atoms with E-state index in [4.69, 9.17) is 34.8 Å². The van der Waals surface area contributed by atoms with Gasteiger partial charge in [-0.15, -0.1) is 0 Å². The number of amides is 3. The van der Waals surface area contributed by atoms with Gasteiger partial charge in [-0.1, -0.05) is 46.9 Å². The Kier molecular flexibility index (Phi) is 7.03. The van der Waals surface area contributed by atoms with Crippen molar-refractivity contribution in [3.8, 4) is 0 Å². The van der Waals surface area contributed by atoms with E-state index in [0.29, 0.717) is 42.9 Å². The molecule has 35 heavy (non-hydrogen) atoms. The second-order valence-electron chi connectivity index (χ2n) is 7.79. The van der Waals surface area contributed by atoms with Crippen LogP contribution in [0.2, 0.25) is 15.1 Å². The van der Waals surface area contributed by atoms with Gasteiger partial charge in [0, 0.05) is 31.8 Å². The Labute approximate surface area is 215 Å². The summed E-state index contributed by atoms with van der Waals surface area (Å²) < 4.78 is 1.24. The van der Waals surface area contributed by atoms with Gasteiger partial charge in [-0.05, 0) is 73.5 Å². The molecule has 3 amide bonds. The summed E-state index contributed by atoms with van der Waals surface area (Å²) in [6.45, 7) is 3.57. The molecule has 0 fully saturated rings. The Morgan fingerprint density at radius 2 is 1.57 bits per heavy atom. The van der Waals surface area contributed by atoms with Crippen molar-refractivity contribution in [3.63, 3.8) is 0 Å². The van der Waals surface area contributed by atoms with E-state index >= 15 is 0 Å². The topological polar surface area (TPSA) is 92.2 Å². The number of carbonyl (C=O) groups is 3. The van der Waals surface area contributed by atoms with E-state index in [1.165, 1.54) is 4.68 Å². The number of nitrogens with one attached hydrogen (secondary N) is 3. The number of rotatable bonds is 4. The van der Waals surface area contributed by atoms with Gasteiger partial charge < -0.3 is 10.6 Å². The van der Waals surface area contributed by atoms with E-state index in [1.54, 1.807) is 67.6 Å². The van der Waals surface area contributed by atoms with Gasteiger partial charge in [0.05, 0.1) is 5.52 Å². The lowest BCUT2D eigenvalue weighted by Crippen LogP contribution is -2.36. The number of anilines is 2. The molecule has 0 atom stereocenters. The first-order chi connectivity index (χ1) is 16.6. The van der Waals surface area contributed by atoms with Crippen LogP contribution < -0.4 is 16.1 Å². The van der Waals surface area contributed by atoms with Gasteiger partial charge in [0.15, 0.2) is 0 Å². The second-order valence-corrected chi connectivity index (χ2v) is 9.04. The third-order valence-corrected chi connectivity index (χ3v) is 6.41. The minimum Gasteiger partial charge on any atom is -0.321 e. The number of benzene rings is 3. The number of aromatic nitrogens is 1. The van der Waals surface area contributed by atoms with Gasteiger partial charge in [0.1, 0.15) is 5.69 Å². The van der Waals surface area contributed by atoms with Gasteiger partial charge in [0.2, 0.25) is 0 Å². The van der Waals surface area contributed by atoms with Gasteiger partial charge in [-0.25, -0.2) is 4.68 Å². The molecule has 0 unspecified atom stereocenters. The van der Waals surface area contributed by atoms with Gasteiger partial charge in [0.25, 0.3) is 5.91 Å². The number of hydrogen-bond donors (Lipinski definition) is 3. The number of fused-ring (bicyclic) bond motifs is 1. The Morgan fingerprint density at radius 1 is 0.800 bits per heavy atom. The van der Waals surface area contributed by atoms with Crippen molar-refractivity contribution in [3.05, 3.63) is 92.6 Å². The standard InChI is InChI=1S/C25H19Cl3N4O3/c1-13-6-8-17(12-19(13)28)29-23(33)22-11-15-10-16(26)7-9-21(15)32(22)31-25(35)24(34)30-20-5-3-4-18(27)14(20)2/h3-12H,1-2H3,(H,29,33)(H,30,34)(H,31,35). The molecular formula is C25H19Cl3N4O3. The number of hydrogen-bond acceptors (Lipinski definition) is 3. The summed E-state index contributed by atoms with van der Waals surface area (Å²) >= 11 is 18.4. The van der Waals surface area contributed by atoms with Crippen molar-refractivity contribution in [1.82, 2.24) is 4.68 Å². The molecule has 0 radical (unpaired) electrons. The van der Waals surface area contributed by atoms with Crippen LogP contribution in [0.1, 0.15) is 21.6 Å². The van der Waals surface area contributed by atoms with Crippen LogP contribution in [0, 0.1) is 13.8 Å². The SMILES string of the molecule is Cc1ccc(NC(=O)c2cc3cc(Cl)ccc3n2NC(=O)C(=O)Nc2cccc(Cl)c2C)cc1Cl. The smallest absolute Gasteiger partial charge is 0.321 e. The minimum atomic E-state index is -0.982. The highest BCUT2D eigenvalue weighted by molar-refractivity contribution is 6.43. The molecule has 10 heteroatoms. The average molecular weight is 530 g/mol. The summed E-state index contributed by atoms with van der Waals surface area (Å²) in [6, 6.07) is 16.5. The first-order valence-electron chi connectivity index (χ1n) is 10.4. The third kappa shape index (κ3) is 5.27. The van der Waals surface area contributed by atoms with E-state index in [9.17, 15) is 14.4 Å². The van der Waals surface area contributed by atoms with Crippen molar-refractivity contribution in [2.24, 2.45) is 0 Å². The number of nitrogens with zero attached hydrogens (tertiary/aromatic N) is 1. The molecule has 3 N–H and O–H groups in total. The molecule has 4 aromatic rings. The summed E-state index contributed by atoms with van der Waals surface area (Å²) in [7, 11) is 0. The summed E-state index contributed by atoms with van der Waals surface area (Å²) in [5, 5.41) is 7.28. The van der Waals surface area contributed by atoms with Gasteiger partial charge in [-0.2, -0.15) is 0 Å². The maximum absolute atomic E-state index is 13.1. The van der Waals surface area contributed by atoms with Crippen LogP contribution >= 0.6 is 34.8 Å². The largest absolute Gasteiger partial charge is 0.328 e. The molecule has 3 aromatic carbocycles. The second kappa shape index (κ2) is 10.00. The van der Waals surface area contributed by atoms with Crippen molar-refractivity contribution in [2.75, 3.05) is 16.1 Å². The lowest BCUT2D eigenvalue weighted by molar-refractivity contribution is -0.133. The molecule has 0 bridgehead atoms. The molecule has 0 aliphatic rings. The maximum Gasteiger partial charge on any atom is 0.328 e. The molecule has 178 valence electrons. The molecule has 0 saturated carbocycles. The van der Waals surface area contributed by atoms with Crippen LogP contribution in [-0.4, -0.2) is 22.4 Å². The Hall–Kier alpha value is -3.52. The number of halogens is 3. The fourth-order valence-corrected chi connectivity index (χ4v) is 3.95. The quantitative estimate of drug-likeness (QED) is 0.276. The lowest BCUT2D eigenvalue weighted by Gasteiger charge is -2.14. The van der Waals surface area contributed by atoms with Crippen LogP contribution in [-0.2, 0) is 9.59 Å². The highest BCUT2D eigenvalue weighted by Crippen LogP contribution is 2.26. The Bertz CT molecular complexity index is 1500. The van der Waals surface area contributed by atoms with Gasteiger partial charge >= 0.3 is 11.8 Å². The summed E-state index contributed by atoms with van der Waals surface area (Å²) in [5.41, 5.74) is 5.41. The monoisotopic (exact) mass is 528 g/mol. The third-order valence-electron chi connectivity index (χ3n) is 5.36. The van der Waals surface area contributed by atoms with E-state index in [0.717, 1.165) is 5.56 Å². The zero-order valence-electron chi connectivity index (χ0n) is 18.6. The normalized spacial score (nSPS) is 10.8. The first kappa shape index (κ1) is 24.6. The highest BCUT2D eigenvalue weighted by Gasteiger charge is 2.22. The number of aryl methyl sites for hydroxylation is 1. The first-order valence-corrected chi connectivity index (χ1v) is 11.5. The van der Waals surface area contributed by atoms with E-state index < -0.39 is 17.7 Å². The molecule has 0 aliphatic carbocycles. The van der Waals surface area contributed by atoms with E-state index in [-0.39, 0.29) is 5.69 Å². The van der Waals surface area contributed by atoms with Crippen LogP contribution in [0.4, 0.5) is 11.4 Å². The van der Waals surface area contributed by atoms with Crippen LogP contribution in [0.5, 0.6) is 0 Å².